The van der Waals surface area contributed by atoms with Crippen molar-refractivity contribution < 1.29 is 14.3 Å². The zero-order chi connectivity index (χ0) is 19.4. The van der Waals surface area contributed by atoms with Crippen LogP contribution in [0.2, 0.25) is 0 Å². The molecule has 1 aromatic heterocycles. The lowest BCUT2D eigenvalue weighted by atomic mass is 10.1. The van der Waals surface area contributed by atoms with Crippen LogP contribution in [0.15, 0.2) is 23.4 Å². The molecule has 0 bridgehead atoms. The standard InChI is InChI=1S/C18H23N5O3S/c1-3-25-13-5-11-4-10(2)26-14(11)6-12(13)8-21-17(24)9-27-18-22-15(19)7-16(20)23-18/h5-7,10H,3-4,8-9H2,1-2H3,(H,21,24)(H4,19,20,22,23). The van der Waals surface area contributed by atoms with E-state index in [1.807, 2.05) is 26.0 Å². The van der Waals surface area contributed by atoms with Crippen molar-refractivity contribution in [2.24, 2.45) is 0 Å². The number of nitrogen functional groups attached to an aromatic ring is 2. The summed E-state index contributed by atoms with van der Waals surface area (Å²) in [6.45, 7) is 4.87. The maximum absolute atomic E-state index is 12.2. The van der Waals surface area contributed by atoms with E-state index in [2.05, 4.69) is 15.3 Å². The summed E-state index contributed by atoms with van der Waals surface area (Å²) in [6.07, 6.45) is 1.02. The molecule has 9 heteroatoms. The maximum atomic E-state index is 12.2. The number of anilines is 2. The average molecular weight is 389 g/mol. The van der Waals surface area contributed by atoms with Crippen molar-refractivity contribution in [1.82, 2.24) is 15.3 Å². The topological polar surface area (TPSA) is 125 Å². The number of aromatic nitrogens is 2. The van der Waals surface area contributed by atoms with Gasteiger partial charge in [-0.25, -0.2) is 9.97 Å². The number of rotatable bonds is 7. The summed E-state index contributed by atoms with van der Waals surface area (Å²) in [6, 6.07) is 5.41. The van der Waals surface area contributed by atoms with Crippen LogP contribution in [-0.2, 0) is 17.8 Å². The molecule has 2 heterocycles. The molecule has 3 rings (SSSR count). The number of hydrogen-bond donors (Lipinski definition) is 3. The number of thioether (sulfide) groups is 1. The third-order valence-corrected chi connectivity index (χ3v) is 4.78. The molecular weight excluding hydrogens is 366 g/mol. The lowest BCUT2D eigenvalue weighted by Crippen LogP contribution is -2.25. The van der Waals surface area contributed by atoms with E-state index in [9.17, 15) is 4.79 Å². The van der Waals surface area contributed by atoms with Gasteiger partial charge in [0, 0.05) is 30.2 Å². The SMILES string of the molecule is CCOc1cc2c(cc1CNC(=O)CSc1nc(N)cc(N)n1)OC(C)C2. The molecule has 0 saturated heterocycles. The predicted octanol–water partition coefficient (Wildman–Crippen LogP) is 1.77. The first-order chi connectivity index (χ1) is 12.9. The Morgan fingerprint density at radius 1 is 1.33 bits per heavy atom. The summed E-state index contributed by atoms with van der Waals surface area (Å²) in [5.41, 5.74) is 13.3. The summed E-state index contributed by atoms with van der Waals surface area (Å²) in [4.78, 5) is 20.3. The monoisotopic (exact) mass is 389 g/mol. The van der Waals surface area contributed by atoms with Crippen LogP contribution < -0.4 is 26.3 Å². The number of hydrogen-bond acceptors (Lipinski definition) is 8. The van der Waals surface area contributed by atoms with Gasteiger partial charge in [-0.1, -0.05) is 11.8 Å². The molecule has 1 aliphatic rings. The molecule has 0 radical (unpaired) electrons. The van der Waals surface area contributed by atoms with Crippen molar-refractivity contribution in [1.29, 1.82) is 0 Å². The van der Waals surface area contributed by atoms with Gasteiger partial charge in [0.15, 0.2) is 5.16 Å². The number of nitrogens with one attached hydrogen (secondary N) is 1. The first-order valence-corrected chi connectivity index (χ1v) is 9.68. The first kappa shape index (κ1) is 19.1. The number of carbonyl (C=O) groups is 1. The molecule has 0 fully saturated rings. The van der Waals surface area contributed by atoms with Crippen molar-refractivity contribution in [3.05, 3.63) is 29.3 Å². The molecule has 1 unspecified atom stereocenters. The Bertz CT molecular complexity index is 826. The second kappa shape index (κ2) is 8.34. The Balaban J connectivity index is 1.60. The quantitative estimate of drug-likeness (QED) is 0.483. The number of carbonyl (C=O) groups excluding carboxylic acids is 1. The molecule has 1 aliphatic heterocycles. The van der Waals surface area contributed by atoms with Crippen LogP contribution in [0, 0.1) is 0 Å². The maximum Gasteiger partial charge on any atom is 0.230 e. The number of amides is 1. The highest BCUT2D eigenvalue weighted by Gasteiger charge is 2.22. The number of nitrogens with two attached hydrogens (primary N) is 2. The van der Waals surface area contributed by atoms with Gasteiger partial charge >= 0.3 is 0 Å². The molecule has 2 aromatic rings. The summed E-state index contributed by atoms with van der Waals surface area (Å²) in [5.74, 6) is 2.19. The zero-order valence-corrected chi connectivity index (χ0v) is 16.1. The number of nitrogens with zero attached hydrogens (tertiary/aromatic N) is 2. The second-order valence-corrected chi connectivity index (χ2v) is 7.14. The number of fused-ring (bicyclic) bond motifs is 1. The van der Waals surface area contributed by atoms with Gasteiger partial charge in [0.1, 0.15) is 29.2 Å². The van der Waals surface area contributed by atoms with Gasteiger partial charge in [0.25, 0.3) is 0 Å². The van der Waals surface area contributed by atoms with Crippen LogP contribution in [0.25, 0.3) is 0 Å². The highest BCUT2D eigenvalue weighted by Crippen LogP contribution is 2.35. The van der Waals surface area contributed by atoms with Gasteiger partial charge in [0.2, 0.25) is 5.91 Å². The molecular formula is C18H23N5O3S. The highest BCUT2D eigenvalue weighted by atomic mass is 32.2. The van der Waals surface area contributed by atoms with Gasteiger partial charge in [-0.2, -0.15) is 0 Å². The van der Waals surface area contributed by atoms with Crippen LogP contribution in [0.3, 0.4) is 0 Å². The third kappa shape index (κ3) is 4.94. The van der Waals surface area contributed by atoms with E-state index in [0.29, 0.717) is 18.3 Å². The van der Waals surface area contributed by atoms with E-state index in [1.165, 1.54) is 17.8 Å². The van der Waals surface area contributed by atoms with Crippen molar-refractivity contribution in [2.75, 3.05) is 23.8 Å². The lowest BCUT2D eigenvalue weighted by molar-refractivity contribution is -0.118. The average Bonchev–Trinajstić information content (AvgIpc) is 2.96. The highest BCUT2D eigenvalue weighted by molar-refractivity contribution is 7.99. The van der Waals surface area contributed by atoms with Gasteiger partial charge in [-0.15, -0.1) is 0 Å². The van der Waals surface area contributed by atoms with E-state index >= 15 is 0 Å². The number of benzene rings is 1. The fourth-order valence-corrected chi connectivity index (χ4v) is 3.51. The minimum absolute atomic E-state index is 0.151. The van der Waals surface area contributed by atoms with Crippen molar-refractivity contribution in [3.8, 4) is 11.5 Å². The van der Waals surface area contributed by atoms with Crippen LogP contribution in [0.5, 0.6) is 11.5 Å². The summed E-state index contributed by atoms with van der Waals surface area (Å²) in [7, 11) is 0. The van der Waals surface area contributed by atoms with Crippen LogP contribution in [0.4, 0.5) is 11.6 Å². The van der Waals surface area contributed by atoms with Gasteiger partial charge in [-0.3, -0.25) is 4.79 Å². The molecule has 1 aromatic carbocycles. The summed E-state index contributed by atoms with van der Waals surface area (Å²) < 4.78 is 11.5. The van der Waals surface area contributed by atoms with Crippen LogP contribution >= 0.6 is 11.8 Å². The molecule has 0 spiro atoms. The van der Waals surface area contributed by atoms with E-state index in [0.717, 1.165) is 29.0 Å². The van der Waals surface area contributed by atoms with Crippen LogP contribution in [-0.4, -0.2) is 34.3 Å². The Hall–Kier alpha value is -2.68. The number of ether oxygens (including phenoxy) is 2. The van der Waals surface area contributed by atoms with E-state index in [4.69, 9.17) is 20.9 Å². The van der Waals surface area contributed by atoms with Gasteiger partial charge in [-0.05, 0) is 26.0 Å². The molecule has 0 saturated carbocycles. The third-order valence-electron chi connectivity index (χ3n) is 3.93. The molecule has 5 N–H and O–H groups in total. The molecule has 1 atom stereocenters. The Morgan fingerprint density at radius 3 is 2.78 bits per heavy atom. The van der Waals surface area contributed by atoms with Crippen molar-refractivity contribution >= 4 is 29.3 Å². The Labute approximate surface area is 162 Å². The Morgan fingerprint density at radius 2 is 2.07 bits per heavy atom. The normalized spacial score (nSPS) is 15.1. The molecule has 27 heavy (non-hydrogen) atoms. The summed E-state index contributed by atoms with van der Waals surface area (Å²) >= 11 is 1.18. The smallest absolute Gasteiger partial charge is 0.230 e. The van der Waals surface area contributed by atoms with E-state index in [-0.39, 0.29) is 29.4 Å². The second-order valence-electron chi connectivity index (χ2n) is 6.20. The van der Waals surface area contributed by atoms with Crippen molar-refractivity contribution in [3.63, 3.8) is 0 Å². The fraction of sp³-hybridized carbons (Fsp3) is 0.389. The van der Waals surface area contributed by atoms with E-state index in [1.54, 1.807) is 0 Å². The zero-order valence-electron chi connectivity index (χ0n) is 15.3. The van der Waals surface area contributed by atoms with E-state index < -0.39 is 0 Å². The fourth-order valence-electron chi connectivity index (χ4n) is 2.81. The predicted molar refractivity (Wildman–Crippen MR) is 105 cm³/mol. The van der Waals surface area contributed by atoms with Gasteiger partial charge in [0.05, 0.1) is 12.4 Å². The Kier molecular flexibility index (Phi) is 5.90. The minimum atomic E-state index is -0.151. The minimum Gasteiger partial charge on any atom is -0.494 e. The molecule has 8 nitrogen and oxygen atoms in total. The molecule has 1 amide bonds. The van der Waals surface area contributed by atoms with Gasteiger partial charge < -0.3 is 26.3 Å². The lowest BCUT2D eigenvalue weighted by Gasteiger charge is -2.13. The van der Waals surface area contributed by atoms with Crippen LogP contribution in [0.1, 0.15) is 25.0 Å². The molecule has 0 aliphatic carbocycles. The summed E-state index contributed by atoms with van der Waals surface area (Å²) in [5, 5.41) is 3.26. The van der Waals surface area contributed by atoms with Crippen molar-refractivity contribution in [2.45, 2.75) is 38.1 Å². The first-order valence-electron chi connectivity index (χ1n) is 8.69. The molecule has 144 valence electrons. The largest absolute Gasteiger partial charge is 0.494 e.